The molecule has 1 saturated carbocycles. The lowest BCUT2D eigenvalue weighted by molar-refractivity contribution is -0.125. The summed E-state index contributed by atoms with van der Waals surface area (Å²) in [6, 6.07) is 8.17. The van der Waals surface area contributed by atoms with E-state index >= 15 is 0 Å². The normalized spacial score (nSPS) is 19.3. The Balaban J connectivity index is 0.00000208. The fraction of sp³-hybridized carbons (Fsp3) is 0.632. The van der Waals surface area contributed by atoms with Gasteiger partial charge in [-0.05, 0) is 69.3 Å². The molecule has 2 N–H and O–H groups in total. The summed E-state index contributed by atoms with van der Waals surface area (Å²) in [6.45, 7) is 2.50. The first-order valence-corrected chi connectivity index (χ1v) is 9.05. The van der Waals surface area contributed by atoms with Gasteiger partial charge in [0.1, 0.15) is 5.75 Å². The molecule has 1 aromatic carbocycles. The van der Waals surface area contributed by atoms with Crippen molar-refractivity contribution < 1.29 is 9.53 Å². The molecule has 1 saturated heterocycles. The number of hydrogen-bond donors (Lipinski definition) is 2. The van der Waals surface area contributed by atoms with E-state index in [-0.39, 0.29) is 24.2 Å². The van der Waals surface area contributed by atoms with E-state index in [1.54, 1.807) is 0 Å². The molecule has 134 valence electrons. The van der Waals surface area contributed by atoms with Crippen molar-refractivity contribution in [1.29, 1.82) is 0 Å². The summed E-state index contributed by atoms with van der Waals surface area (Å²) < 4.78 is 6.04. The highest BCUT2D eigenvalue weighted by Gasteiger charge is 2.20. The molecule has 1 aromatic rings. The second-order valence-electron chi connectivity index (χ2n) is 6.76. The SMILES string of the molecule is Cl.O=C(NCc1ccc(OC2CCCCC2)cc1)C1CCNCC1. The van der Waals surface area contributed by atoms with Gasteiger partial charge in [-0.1, -0.05) is 18.6 Å². The predicted molar refractivity (Wildman–Crippen MR) is 98.6 cm³/mol. The average Bonchev–Trinajstić information content (AvgIpc) is 2.62. The van der Waals surface area contributed by atoms with Crippen LogP contribution in [0, 0.1) is 5.92 Å². The highest BCUT2D eigenvalue weighted by molar-refractivity contribution is 5.85. The van der Waals surface area contributed by atoms with Crippen LogP contribution in [0.5, 0.6) is 5.75 Å². The quantitative estimate of drug-likeness (QED) is 0.853. The molecule has 24 heavy (non-hydrogen) atoms. The number of benzene rings is 1. The molecule has 1 aliphatic heterocycles. The first-order valence-electron chi connectivity index (χ1n) is 9.05. The molecule has 0 atom stereocenters. The third kappa shape index (κ3) is 5.67. The Morgan fingerprint density at radius 1 is 1.04 bits per heavy atom. The molecule has 1 heterocycles. The van der Waals surface area contributed by atoms with Crippen molar-refractivity contribution >= 4 is 18.3 Å². The number of halogens is 1. The van der Waals surface area contributed by atoms with Crippen LogP contribution in [0.15, 0.2) is 24.3 Å². The van der Waals surface area contributed by atoms with Crippen molar-refractivity contribution in [2.75, 3.05) is 13.1 Å². The number of carbonyl (C=O) groups excluding carboxylic acids is 1. The maximum atomic E-state index is 12.1. The molecule has 0 bridgehead atoms. The number of carbonyl (C=O) groups is 1. The number of rotatable bonds is 5. The van der Waals surface area contributed by atoms with Crippen LogP contribution in [-0.4, -0.2) is 25.1 Å². The molecule has 0 unspecified atom stereocenters. The van der Waals surface area contributed by atoms with Gasteiger partial charge in [-0.25, -0.2) is 0 Å². The third-order valence-electron chi connectivity index (χ3n) is 4.95. The highest BCUT2D eigenvalue weighted by atomic mass is 35.5. The van der Waals surface area contributed by atoms with Crippen LogP contribution in [0.2, 0.25) is 0 Å². The van der Waals surface area contributed by atoms with E-state index in [4.69, 9.17) is 4.74 Å². The largest absolute Gasteiger partial charge is 0.490 e. The zero-order chi connectivity index (χ0) is 15.9. The van der Waals surface area contributed by atoms with Crippen molar-refractivity contribution in [2.45, 2.75) is 57.6 Å². The maximum Gasteiger partial charge on any atom is 0.223 e. The minimum absolute atomic E-state index is 0. The van der Waals surface area contributed by atoms with Gasteiger partial charge in [-0.3, -0.25) is 4.79 Å². The van der Waals surface area contributed by atoms with Crippen molar-refractivity contribution in [1.82, 2.24) is 10.6 Å². The maximum absolute atomic E-state index is 12.1. The van der Waals surface area contributed by atoms with Gasteiger partial charge in [-0.15, -0.1) is 12.4 Å². The Labute approximate surface area is 151 Å². The van der Waals surface area contributed by atoms with Gasteiger partial charge in [-0.2, -0.15) is 0 Å². The number of nitrogens with one attached hydrogen (secondary N) is 2. The summed E-state index contributed by atoms with van der Waals surface area (Å²) in [7, 11) is 0. The van der Waals surface area contributed by atoms with Crippen molar-refractivity contribution in [3.8, 4) is 5.75 Å². The molecular weight excluding hydrogens is 324 g/mol. The topological polar surface area (TPSA) is 50.4 Å². The van der Waals surface area contributed by atoms with E-state index in [0.717, 1.165) is 37.2 Å². The number of amides is 1. The lowest BCUT2D eigenvalue weighted by Gasteiger charge is -2.23. The fourth-order valence-corrected chi connectivity index (χ4v) is 3.48. The van der Waals surface area contributed by atoms with Gasteiger partial charge in [0, 0.05) is 12.5 Å². The smallest absolute Gasteiger partial charge is 0.223 e. The van der Waals surface area contributed by atoms with Gasteiger partial charge in [0.05, 0.1) is 6.10 Å². The Morgan fingerprint density at radius 3 is 2.38 bits per heavy atom. The van der Waals surface area contributed by atoms with Crippen LogP contribution in [0.1, 0.15) is 50.5 Å². The predicted octanol–water partition coefficient (Wildman–Crippen LogP) is 3.44. The molecule has 5 heteroatoms. The minimum Gasteiger partial charge on any atom is -0.490 e. The highest BCUT2D eigenvalue weighted by Crippen LogP contribution is 2.23. The van der Waals surface area contributed by atoms with Crippen LogP contribution in [-0.2, 0) is 11.3 Å². The first kappa shape index (κ1) is 19.1. The minimum atomic E-state index is 0. The van der Waals surface area contributed by atoms with Crippen LogP contribution < -0.4 is 15.4 Å². The van der Waals surface area contributed by atoms with Gasteiger partial charge >= 0.3 is 0 Å². The average molecular weight is 353 g/mol. The molecule has 2 aliphatic rings. The zero-order valence-corrected chi connectivity index (χ0v) is 15.1. The van der Waals surface area contributed by atoms with Gasteiger partial charge in [0.25, 0.3) is 0 Å². The van der Waals surface area contributed by atoms with Gasteiger partial charge in [0.2, 0.25) is 5.91 Å². The fourth-order valence-electron chi connectivity index (χ4n) is 3.48. The first-order chi connectivity index (χ1) is 11.3. The molecule has 1 amide bonds. The molecule has 1 aliphatic carbocycles. The van der Waals surface area contributed by atoms with Crippen LogP contribution >= 0.6 is 12.4 Å². The summed E-state index contributed by atoms with van der Waals surface area (Å²) in [6.07, 6.45) is 8.53. The lowest BCUT2D eigenvalue weighted by Crippen LogP contribution is -2.37. The van der Waals surface area contributed by atoms with Gasteiger partial charge in [0.15, 0.2) is 0 Å². The second kappa shape index (κ2) is 9.90. The standard InChI is InChI=1S/C19H28N2O2.ClH/c22-19(16-10-12-20-13-11-16)21-14-15-6-8-18(9-7-15)23-17-4-2-1-3-5-17;/h6-9,16-17,20H,1-5,10-14H2,(H,21,22);1H. The molecule has 4 nitrogen and oxygen atoms in total. The van der Waals surface area contributed by atoms with E-state index < -0.39 is 0 Å². The van der Waals surface area contributed by atoms with E-state index in [0.29, 0.717) is 12.6 Å². The number of hydrogen-bond acceptors (Lipinski definition) is 3. The van der Waals surface area contributed by atoms with Crippen LogP contribution in [0.4, 0.5) is 0 Å². The van der Waals surface area contributed by atoms with Crippen molar-refractivity contribution in [2.24, 2.45) is 5.92 Å². The number of piperidine rings is 1. The summed E-state index contributed by atoms with van der Waals surface area (Å²) in [4.78, 5) is 12.1. The molecule has 2 fully saturated rings. The molecule has 0 radical (unpaired) electrons. The van der Waals surface area contributed by atoms with Crippen molar-refractivity contribution in [3.63, 3.8) is 0 Å². The Bertz CT molecular complexity index is 495. The molecule has 3 rings (SSSR count). The van der Waals surface area contributed by atoms with E-state index in [2.05, 4.69) is 22.8 Å². The van der Waals surface area contributed by atoms with Crippen molar-refractivity contribution in [3.05, 3.63) is 29.8 Å². The Kier molecular flexibility index (Phi) is 7.86. The van der Waals surface area contributed by atoms with E-state index in [9.17, 15) is 4.79 Å². The van der Waals surface area contributed by atoms with Crippen LogP contribution in [0.3, 0.4) is 0 Å². The van der Waals surface area contributed by atoms with Crippen LogP contribution in [0.25, 0.3) is 0 Å². The summed E-state index contributed by atoms with van der Waals surface area (Å²) in [5.41, 5.74) is 1.13. The summed E-state index contributed by atoms with van der Waals surface area (Å²) >= 11 is 0. The van der Waals surface area contributed by atoms with E-state index in [1.807, 2.05) is 12.1 Å². The molecule has 0 aromatic heterocycles. The summed E-state index contributed by atoms with van der Waals surface area (Å²) in [5, 5.41) is 6.35. The van der Waals surface area contributed by atoms with E-state index in [1.165, 1.54) is 32.1 Å². The lowest BCUT2D eigenvalue weighted by atomic mass is 9.97. The zero-order valence-electron chi connectivity index (χ0n) is 14.3. The Morgan fingerprint density at radius 2 is 1.71 bits per heavy atom. The number of ether oxygens (including phenoxy) is 1. The van der Waals surface area contributed by atoms with Gasteiger partial charge < -0.3 is 15.4 Å². The third-order valence-corrected chi connectivity index (χ3v) is 4.95. The summed E-state index contributed by atoms with van der Waals surface area (Å²) in [5.74, 6) is 1.31. The molecular formula is C19H29ClN2O2. The molecule has 0 spiro atoms. The Hall–Kier alpha value is -1.26. The monoisotopic (exact) mass is 352 g/mol. The second-order valence-corrected chi connectivity index (χ2v) is 6.76.